The minimum absolute atomic E-state index is 0.218. The molecular weight excluding hydrogens is 368 g/mol. The summed E-state index contributed by atoms with van der Waals surface area (Å²) in [5, 5.41) is 30.6. The molecule has 3 N–H and O–H groups in total. The summed E-state index contributed by atoms with van der Waals surface area (Å²) in [5.74, 6) is -1.42. The minimum Gasteiger partial charge on any atom is -0.459 e. The summed E-state index contributed by atoms with van der Waals surface area (Å²) in [6, 6.07) is 16.2. The van der Waals surface area contributed by atoms with Crippen LogP contribution in [-0.4, -0.2) is 64.6 Å². The van der Waals surface area contributed by atoms with Crippen molar-refractivity contribution in [3.05, 3.63) is 71.8 Å². The van der Waals surface area contributed by atoms with E-state index in [0.29, 0.717) is 5.56 Å². The Morgan fingerprint density at radius 3 is 1.93 bits per heavy atom. The fourth-order valence-corrected chi connectivity index (χ4v) is 2.77. The summed E-state index contributed by atoms with van der Waals surface area (Å²) in [4.78, 5) is 24.1. The molecule has 1 aliphatic rings. The van der Waals surface area contributed by atoms with E-state index in [2.05, 4.69) is 0 Å². The number of hydrogen-bond donors (Lipinski definition) is 3. The van der Waals surface area contributed by atoms with Gasteiger partial charge in [0.1, 0.15) is 24.9 Å². The van der Waals surface area contributed by atoms with E-state index >= 15 is 0 Å². The van der Waals surface area contributed by atoms with Crippen molar-refractivity contribution in [2.24, 2.45) is 0 Å². The zero-order valence-corrected chi connectivity index (χ0v) is 14.8. The summed E-state index contributed by atoms with van der Waals surface area (Å²) < 4.78 is 15.3. The normalized spacial score (nSPS) is 27.0. The molecule has 0 amide bonds. The Morgan fingerprint density at radius 2 is 1.36 bits per heavy atom. The summed E-state index contributed by atoms with van der Waals surface area (Å²) in [6.45, 7) is -0.400. The fraction of sp³-hybridized carbons (Fsp3) is 0.300. The first-order valence-corrected chi connectivity index (χ1v) is 8.65. The van der Waals surface area contributed by atoms with Crippen LogP contribution in [0.5, 0.6) is 0 Å². The molecule has 1 fully saturated rings. The molecule has 8 heteroatoms. The maximum Gasteiger partial charge on any atom is 0.338 e. The molecule has 3 rings (SSSR count). The standard InChI is InChI=1S/C20H20O8/c21-15-14(11-26-18(23)12-7-3-1-4-8-12)27-20(25)17(16(15)22)28-19(24)13-9-5-2-6-10-13/h1-10,14-17,20-22,25H,11H2. The number of esters is 2. The van der Waals surface area contributed by atoms with Gasteiger partial charge in [-0.05, 0) is 24.3 Å². The van der Waals surface area contributed by atoms with Crippen molar-refractivity contribution < 1.29 is 39.1 Å². The Bertz CT molecular complexity index is 792. The molecule has 0 aliphatic carbocycles. The summed E-state index contributed by atoms with van der Waals surface area (Å²) in [6.07, 6.45) is -7.56. The van der Waals surface area contributed by atoms with Crippen molar-refractivity contribution in [3.8, 4) is 0 Å². The highest BCUT2D eigenvalue weighted by molar-refractivity contribution is 5.89. The number of aliphatic hydroxyl groups excluding tert-OH is 3. The zero-order chi connectivity index (χ0) is 20.1. The Labute approximate surface area is 160 Å². The van der Waals surface area contributed by atoms with E-state index in [-0.39, 0.29) is 5.56 Å². The smallest absolute Gasteiger partial charge is 0.338 e. The van der Waals surface area contributed by atoms with Crippen LogP contribution >= 0.6 is 0 Å². The highest BCUT2D eigenvalue weighted by atomic mass is 16.7. The number of rotatable bonds is 5. The van der Waals surface area contributed by atoms with Gasteiger partial charge in [0, 0.05) is 0 Å². The molecule has 5 unspecified atom stereocenters. The quantitative estimate of drug-likeness (QED) is 0.633. The number of benzene rings is 2. The molecule has 1 heterocycles. The number of aliphatic hydroxyl groups is 3. The van der Waals surface area contributed by atoms with Crippen LogP contribution in [0.3, 0.4) is 0 Å². The molecule has 0 aromatic heterocycles. The fourth-order valence-electron chi connectivity index (χ4n) is 2.77. The van der Waals surface area contributed by atoms with E-state index in [4.69, 9.17) is 14.2 Å². The summed E-state index contributed by atoms with van der Waals surface area (Å²) in [7, 11) is 0. The van der Waals surface area contributed by atoms with Crippen LogP contribution in [0.2, 0.25) is 0 Å². The van der Waals surface area contributed by atoms with Gasteiger partial charge in [-0.3, -0.25) is 0 Å². The summed E-state index contributed by atoms with van der Waals surface area (Å²) >= 11 is 0. The third kappa shape index (κ3) is 4.55. The van der Waals surface area contributed by atoms with E-state index < -0.39 is 49.3 Å². The molecule has 0 spiro atoms. The van der Waals surface area contributed by atoms with E-state index in [9.17, 15) is 24.9 Å². The van der Waals surface area contributed by atoms with Crippen LogP contribution in [0.4, 0.5) is 0 Å². The van der Waals surface area contributed by atoms with E-state index in [1.54, 1.807) is 48.5 Å². The topological polar surface area (TPSA) is 123 Å². The van der Waals surface area contributed by atoms with Crippen molar-refractivity contribution in [1.29, 1.82) is 0 Å². The van der Waals surface area contributed by atoms with Crippen molar-refractivity contribution in [3.63, 3.8) is 0 Å². The van der Waals surface area contributed by atoms with Gasteiger partial charge in [-0.1, -0.05) is 36.4 Å². The van der Waals surface area contributed by atoms with Gasteiger partial charge in [-0.15, -0.1) is 0 Å². The Balaban J connectivity index is 1.58. The monoisotopic (exact) mass is 388 g/mol. The van der Waals surface area contributed by atoms with Gasteiger partial charge in [0.15, 0.2) is 12.4 Å². The third-order valence-corrected chi connectivity index (χ3v) is 4.30. The first-order valence-electron chi connectivity index (χ1n) is 8.65. The first-order chi connectivity index (χ1) is 13.5. The maximum absolute atomic E-state index is 12.1. The Morgan fingerprint density at radius 1 is 0.821 bits per heavy atom. The lowest BCUT2D eigenvalue weighted by Gasteiger charge is -2.39. The molecule has 0 bridgehead atoms. The number of ether oxygens (including phenoxy) is 3. The molecule has 28 heavy (non-hydrogen) atoms. The molecule has 0 radical (unpaired) electrons. The second-order valence-electron chi connectivity index (χ2n) is 6.25. The number of hydrogen-bond acceptors (Lipinski definition) is 8. The Hall–Kier alpha value is -2.78. The predicted octanol–water partition coefficient (Wildman–Crippen LogP) is 0.508. The highest BCUT2D eigenvalue weighted by Gasteiger charge is 2.46. The lowest BCUT2D eigenvalue weighted by molar-refractivity contribution is -0.285. The highest BCUT2D eigenvalue weighted by Crippen LogP contribution is 2.24. The molecule has 2 aromatic carbocycles. The lowest BCUT2D eigenvalue weighted by Crippen LogP contribution is -2.60. The number of carbonyl (C=O) groups excluding carboxylic acids is 2. The van der Waals surface area contributed by atoms with Gasteiger partial charge in [0.2, 0.25) is 0 Å². The average molecular weight is 388 g/mol. The van der Waals surface area contributed by atoms with Crippen LogP contribution in [0.15, 0.2) is 60.7 Å². The molecular formula is C20H20O8. The average Bonchev–Trinajstić information content (AvgIpc) is 2.73. The largest absolute Gasteiger partial charge is 0.459 e. The molecule has 1 aliphatic heterocycles. The van der Waals surface area contributed by atoms with Gasteiger partial charge in [0.25, 0.3) is 0 Å². The van der Waals surface area contributed by atoms with Gasteiger partial charge < -0.3 is 29.5 Å². The molecule has 5 atom stereocenters. The molecule has 8 nitrogen and oxygen atoms in total. The zero-order valence-electron chi connectivity index (χ0n) is 14.8. The number of carbonyl (C=O) groups is 2. The van der Waals surface area contributed by atoms with E-state index in [0.717, 1.165) is 0 Å². The van der Waals surface area contributed by atoms with Gasteiger partial charge >= 0.3 is 11.9 Å². The van der Waals surface area contributed by atoms with Crippen LogP contribution in [-0.2, 0) is 14.2 Å². The summed E-state index contributed by atoms with van der Waals surface area (Å²) in [5.41, 5.74) is 0.527. The SMILES string of the molecule is O=C(OCC1OC(O)C(OC(=O)c2ccccc2)C(O)C1O)c1ccccc1. The molecule has 1 saturated heterocycles. The van der Waals surface area contributed by atoms with E-state index in [1.165, 1.54) is 12.1 Å². The lowest BCUT2D eigenvalue weighted by atomic mass is 9.99. The second-order valence-corrected chi connectivity index (χ2v) is 6.25. The van der Waals surface area contributed by atoms with Crippen molar-refractivity contribution in [2.75, 3.05) is 6.61 Å². The predicted molar refractivity (Wildman–Crippen MR) is 95.3 cm³/mol. The van der Waals surface area contributed by atoms with Crippen LogP contribution in [0, 0.1) is 0 Å². The van der Waals surface area contributed by atoms with Crippen molar-refractivity contribution in [2.45, 2.75) is 30.7 Å². The first kappa shape index (κ1) is 20.0. The Kier molecular flexibility index (Phi) is 6.37. The maximum atomic E-state index is 12.1. The van der Waals surface area contributed by atoms with Crippen LogP contribution < -0.4 is 0 Å². The minimum atomic E-state index is -1.70. The van der Waals surface area contributed by atoms with Crippen molar-refractivity contribution >= 4 is 11.9 Å². The van der Waals surface area contributed by atoms with Gasteiger partial charge in [-0.25, -0.2) is 9.59 Å². The van der Waals surface area contributed by atoms with Crippen LogP contribution in [0.1, 0.15) is 20.7 Å². The molecule has 2 aromatic rings. The van der Waals surface area contributed by atoms with E-state index in [1.807, 2.05) is 0 Å². The molecule has 148 valence electrons. The van der Waals surface area contributed by atoms with Gasteiger partial charge in [0.05, 0.1) is 11.1 Å². The van der Waals surface area contributed by atoms with Crippen LogP contribution in [0.25, 0.3) is 0 Å². The third-order valence-electron chi connectivity index (χ3n) is 4.30. The molecule has 0 saturated carbocycles. The second kappa shape index (κ2) is 8.94. The van der Waals surface area contributed by atoms with Crippen molar-refractivity contribution in [1.82, 2.24) is 0 Å². The van der Waals surface area contributed by atoms with Gasteiger partial charge in [-0.2, -0.15) is 0 Å².